The van der Waals surface area contributed by atoms with Crippen LogP contribution in [0.25, 0.3) is 10.3 Å². The monoisotopic (exact) mass is 414 g/mol. The lowest BCUT2D eigenvalue weighted by Gasteiger charge is -2.39. The molecule has 3 aromatic heterocycles. The van der Waals surface area contributed by atoms with Gasteiger partial charge in [0.2, 0.25) is 5.95 Å². The number of nitrogens with zero attached hydrogens (tertiary/aromatic N) is 6. The number of rotatable bonds is 3. The molecule has 0 radical (unpaired) electrons. The van der Waals surface area contributed by atoms with Gasteiger partial charge in [-0.1, -0.05) is 0 Å². The Morgan fingerprint density at radius 2 is 2.10 bits per heavy atom. The summed E-state index contributed by atoms with van der Waals surface area (Å²) in [6.45, 7) is 7.45. The van der Waals surface area contributed by atoms with Crippen LogP contribution in [0.15, 0.2) is 17.6 Å². The lowest BCUT2D eigenvalue weighted by atomic mass is 10.2. The van der Waals surface area contributed by atoms with E-state index in [0.717, 1.165) is 21.7 Å². The van der Waals surface area contributed by atoms with Gasteiger partial charge in [0, 0.05) is 18.3 Å². The minimum absolute atomic E-state index is 0.0403. The van der Waals surface area contributed by atoms with E-state index in [4.69, 9.17) is 10.6 Å². The van der Waals surface area contributed by atoms with Gasteiger partial charge >= 0.3 is 6.09 Å². The molecule has 1 amide bonds. The van der Waals surface area contributed by atoms with Crippen LogP contribution in [0, 0.1) is 13.8 Å². The molecule has 0 spiro atoms. The Balaban J connectivity index is 1.41. The van der Waals surface area contributed by atoms with Crippen LogP contribution in [0.5, 0.6) is 0 Å². The molecule has 1 atom stereocenters. The van der Waals surface area contributed by atoms with E-state index >= 15 is 0 Å². The van der Waals surface area contributed by atoms with Crippen molar-refractivity contribution >= 4 is 45.2 Å². The number of nitrogen functional groups attached to an aromatic ring is 1. The van der Waals surface area contributed by atoms with Crippen LogP contribution >= 0.6 is 11.3 Å². The van der Waals surface area contributed by atoms with Crippen LogP contribution in [-0.4, -0.2) is 56.8 Å². The summed E-state index contributed by atoms with van der Waals surface area (Å²) in [7, 11) is 0. The van der Waals surface area contributed by atoms with Gasteiger partial charge in [0.25, 0.3) is 0 Å². The summed E-state index contributed by atoms with van der Waals surface area (Å²) in [6.07, 6.45) is -0.535. The van der Waals surface area contributed by atoms with Gasteiger partial charge in [-0.2, -0.15) is 4.98 Å². The highest BCUT2D eigenvalue weighted by molar-refractivity contribution is 7.16. The number of thiazole rings is 1. The second-order valence-corrected chi connectivity index (χ2v) is 7.76. The van der Waals surface area contributed by atoms with Crippen LogP contribution in [0.1, 0.15) is 18.3 Å². The first-order valence-electron chi connectivity index (χ1n) is 9.22. The molecule has 3 N–H and O–H groups in total. The fraction of sp³-hybridized carbons (Fsp3) is 0.389. The van der Waals surface area contributed by atoms with Gasteiger partial charge in [0.15, 0.2) is 10.6 Å². The molecule has 1 aliphatic heterocycles. The third-order valence-electron chi connectivity index (χ3n) is 4.73. The number of nitrogens with one attached hydrogen (secondary N) is 1. The zero-order valence-electron chi connectivity index (χ0n) is 16.4. The van der Waals surface area contributed by atoms with Gasteiger partial charge in [-0.15, -0.1) is 16.4 Å². The van der Waals surface area contributed by atoms with E-state index < -0.39 is 6.09 Å². The van der Waals surface area contributed by atoms with E-state index in [-0.39, 0.29) is 12.0 Å². The predicted octanol–water partition coefficient (Wildman–Crippen LogP) is 2.35. The van der Waals surface area contributed by atoms with E-state index in [1.807, 2.05) is 32.9 Å². The first-order chi connectivity index (χ1) is 13.9. The van der Waals surface area contributed by atoms with Crippen molar-refractivity contribution in [3.05, 3.63) is 29.0 Å². The van der Waals surface area contributed by atoms with Gasteiger partial charge in [-0.3, -0.25) is 10.3 Å². The van der Waals surface area contributed by atoms with Crippen molar-refractivity contribution < 1.29 is 9.63 Å². The number of pyridine rings is 1. The number of aryl methyl sites for hydroxylation is 2. The van der Waals surface area contributed by atoms with Crippen molar-refractivity contribution in [1.82, 2.24) is 25.0 Å². The van der Waals surface area contributed by atoms with Crippen molar-refractivity contribution in [3.63, 3.8) is 0 Å². The summed E-state index contributed by atoms with van der Waals surface area (Å²) in [6, 6.07) is 3.70. The van der Waals surface area contributed by atoms with Crippen LogP contribution in [0.3, 0.4) is 0 Å². The Kier molecular flexibility index (Phi) is 5.16. The number of anilines is 3. The van der Waals surface area contributed by atoms with E-state index in [9.17, 15) is 4.79 Å². The van der Waals surface area contributed by atoms with Crippen molar-refractivity contribution in [3.8, 4) is 0 Å². The van der Waals surface area contributed by atoms with Gasteiger partial charge in [-0.25, -0.2) is 14.8 Å². The van der Waals surface area contributed by atoms with Crippen LogP contribution in [0.2, 0.25) is 0 Å². The SMILES string of the molecule is Cc1ccc(NC(=O)ON2CCN(c3nc(N)nc4scnc34)[C@@H](C)C2)c(C)n1. The maximum atomic E-state index is 12.3. The van der Waals surface area contributed by atoms with Crippen LogP contribution < -0.4 is 16.0 Å². The average molecular weight is 414 g/mol. The summed E-state index contributed by atoms with van der Waals surface area (Å²) < 4.78 is 0. The largest absolute Gasteiger partial charge is 0.430 e. The standard InChI is InChI=1S/C18H22N8O2S/c1-10-4-5-13(12(3)21-10)22-18(27)28-25-6-7-26(11(2)8-25)15-14-16(29-9-20-14)24-17(19)23-15/h4-5,9,11H,6-8H2,1-3H3,(H,22,27)(H2,19,23,24)/t11-/m0/s1. The summed E-state index contributed by atoms with van der Waals surface area (Å²) >= 11 is 1.43. The molecule has 0 saturated carbocycles. The topological polar surface area (TPSA) is 122 Å². The van der Waals surface area contributed by atoms with Gasteiger partial charge < -0.3 is 15.5 Å². The Morgan fingerprint density at radius 1 is 1.28 bits per heavy atom. The number of carbonyl (C=O) groups is 1. The Morgan fingerprint density at radius 3 is 2.86 bits per heavy atom. The van der Waals surface area contributed by atoms with Crippen molar-refractivity contribution in [2.75, 3.05) is 35.6 Å². The van der Waals surface area contributed by atoms with E-state index in [0.29, 0.717) is 31.1 Å². The Bertz CT molecular complexity index is 1060. The fourth-order valence-electron chi connectivity index (χ4n) is 3.35. The molecule has 1 fully saturated rings. The number of aromatic nitrogens is 4. The van der Waals surface area contributed by atoms with Gasteiger partial charge in [-0.05, 0) is 32.9 Å². The maximum Gasteiger partial charge on any atom is 0.430 e. The first kappa shape index (κ1) is 19.3. The predicted molar refractivity (Wildman–Crippen MR) is 112 cm³/mol. The lowest BCUT2D eigenvalue weighted by Crippen LogP contribution is -2.53. The molecular weight excluding hydrogens is 392 g/mol. The number of hydroxylamine groups is 2. The van der Waals surface area contributed by atoms with Crippen molar-refractivity contribution in [2.45, 2.75) is 26.8 Å². The Hall–Kier alpha value is -3.05. The average Bonchev–Trinajstić information content (AvgIpc) is 3.12. The zero-order chi connectivity index (χ0) is 20.5. The summed E-state index contributed by atoms with van der Waals surface area (Å²) in [5, 5.41) is 4.39. The lowest BCUT2D eigenvalue weighted by molar-refractivity contribution is -0.103. The smallest absolute Gasteiger partial charge is 0.368 e. The van der Waals surface area contributed by atoms with E-state index in [1.165, 1.54) is 11.3 Å². The highest BCUT2D eigenvalue weighted by atomic mass is 32.1. The number of nitrogens with two attached hydrogens (primary N) is 1. The normalized spacial score (nSPS) is 17.5. The number of carbonyl (C=O) groups excluding carboxylic acids is 1. The highest BCUT2D eigenvalue weighted by Crippen LogP contribution is 2.28. The minimum atomic E-state index is -0.535. The maximum absolute atomic E-state index is 12.3. The van der Waals surface area contributed by atoms with Crippen molar-refractivity contribution in [2.24, 2.45) is 0 Å². The second kappa shape index (κ2) is 7.76. The van der Waals surface area contributed by atoms with Crippen LogP contribution in [0.4, 0.5) is 22.2 Å². The summed E-state index contributed by atoms with van der Waals surface area (Å²) in [4.78, 5) is 38.0. The molecule has 0 aliphatic carbocycles. The molecule has 11 heteroatoms. The fourth-order valence-corrected chi connectivity index (χ4v) is 4.01. The number of hydrogen-bond donors (Lipinski definition) is 2. The number of fused-ring (bicyclic) bond motifs is 1. The van der Waals surface area contributed by atoms with Gasteiger partial charge in [0.1, 0.15) is 5.52 Å². The molecule has 10 nitrogen and oxygen atoms in total. The minimum Gasteiger partial charge on any atom is -0.368 e. The highest BCUT2D eigenvalue weighted by Gasteiger charge is 2.29. The molecule has 1 saturated heterocycles. The molecule has 0 unspecified atom stereocenters. The second-order valence-electron chi connectivity index (χ2n) is 6.93. The third kappa shape index (κ3) is 4.05. The molecule has 4 rings (SSSR count). The quantitative estimate of drug-likeness (QED) is 0.665. The molecule has 0 aromatic carbocycles. The number of amides is 1. The molecule has 1 aliphatic rings. The molecular formula is C18H22N8O2S. The molecule has 3 aromatic rings. The molecule has 0 bridgehead atoms. The first-order valence-corrected chi connectivity index (χ1v) is 10.1. The molecule has 152 valence electrons. The van der Waals surface area contributed by atoms with Gasteiger partial charge in [0.05, 0.1) is 30.0 Å². The Labute approximate surface area is 171 Å². The summed E-state index contributed by atoms with van der Waals surface area (Å²) in [5.74, 6) is 0.941. The molecule has 29 heavy (non-hydrogen) atoms. The number of piperazine rings is 1. The van der Waals surface area contributed by atoms with Crippen molar-refractivity contribution in [1.29, 1.82) is 0 Å². The zero-order valence-corrected chi connectivity index (χ0v) is 17.2. The summed E-state index contributed by atoms with van der Waals surface area (Å²) in [5.41, 5.74) is 10.6. The van der Waals surface area contributed by atoms with Crippen LogP contribution in [-0.2, 0) is 4.84 Å². The third-order valence-corrected chi connectivity index (χ3v) is 5.45. The van der Waals surface area contributed by atoms with E-state index in [1.54, 1.807) is 10.6 Å². The molecule has 4 heterocycles. The van der Waals surface area contributed by atoms with E-state index in [2.05, 4.69) is 30.2 Å². The number of hydrogen-bond acceptors (Lipinski definition) is 10.